The van der Waals surface area contributed by atoms with Crippen molar-refractivity contribution in [2.45, 2.75) is 0 Å². The van der Waals surface area contributed by atoms with Crippen LogP contribution in [-0.4, -0.2) is 12.5 Å². The van der Waals surface area contributed by atoms with Gasteiger partial charge in [0.1, 0.15) is 12.4 Å². The van der Waals surface area contributed by atoms with Crippen molar-refractivity contribution in [3.05, 3.63) is 28.8 Å². The molecule has 0 saturated carbocycles. The average molecular weight is 210 g/mol. The van der Waals surface area contributed by atoms with Crippen LogP contribution in [0.4, 0.5) is 0 Å². The van der Waals surface area contributed by atoms with Gasteiger partial charge in [-0.2, -0.15) is 0 Å². The third-order valence-corrected chi connectivity index (χ3v) is 1.82. The van der Waals surface area contributed by atoms with Crippen molar-refractivity contribution >= 4 is 17.5 Å². The number of halogens is 1. The van der Waals surface area contributed by atoms with E-state index in [-0.39, 0.29) is 6.61 Å². The molecule has 0 aliphatic rings. The van der Waals surface area contributed by atoms with Gasteiger partial charge in [0, 0.05) is 5.56 Å². The summed E-state index contributed by atoms with van der Waals surface area (Å²) < 4.78 is 5.10. The highest BCUT2D eigenvalue weighted by Gasteiger charge is 2.05. The van der Waals surface area contributed by atoms with Crippen LogP contribution >= 0.6 is 11.6 Å². The fraction of sp³-hybridized carbons (Fsp3) is 0.100. The first-order valence-corrected chi connectivity index (χ1v) is 4.18. The maximum Gasteiger partial charge on any atom is 0.248 e. The number of terminal acetylenes is 1. The summed E-state index contributed by atoms with van der Waals surface area (Å²) in [5, 5.41) is 0.316. The number of nitrogens with two attached hydrogens (primary N) is 1. The zero-order chi connectivity index (χ0) is 10.6. The molecule has 1 aromatic carbocycles. The monoisotopic (exact) mass is 209 g/mol. The molecule has 2 N–H and O–H groups in total. The Morgan fingerprint density at radius 1 is 1.64 bits per heavy atom. The molecule has 0 aliphatic heterocycles. The van der Waals surface area contributed by atoms with Crippen molar-refractivity contribution in [3.8, 4) is 18.1 Å². The topological polar surface area (TPSA) is 52.3 Å². The molecule has 0 spiro atoms. The van der Waals surface area contributed by atoms with E-state index in [1.807, 2.05) is 0 Å². The number of ether oxygens (including phenoxy) is 1. The average Bonchev–Trinajstić information content (AvgIpc) is 2.15. The Labute approximate surface area is 86.8 Å². The van der Waals surface area contributed by atoms with Crippen molar-refractivity contribution in [3.63, 3.8) is 0 Å². The molecule has 1 aromatic rings. The molecule has 0 heterocycles. The molecular weight excluding hydrogens is 202 g/mol. The van der Waals surface area contributed by atoms with E-state index in [4.69, 9.17) is 28.5 Å². The van der Waals surface area contributed by atoms with Crippen LogP contribution in [0.25, 0.3) is 0 Å². The Balaban J connectivity index is 2.91. The normalized spacial score (nSPS) is 9.14. The predicted molar refractivity (Wildman–Crippen MR) is 54.3 cm³/mol. The first-order chi connectivity index (χ1) is 6.65. The lowest BCUT2D eigenvalue weighted by Gasteiger charge is -2.05. The van der Waals surface area contributed by atoms with E-state index in [9.17, 15) is 4.79 Å². The summed E-state index contributed by atoms with van der Waals surface area (Å²) in [4.78, 5) is 10.8. The largest absolute Gasteiger partial charge is 0.479 e. The van der Waals surface area contributed by atoms with E-state index < -0.39 is 5.91 Å². The van der Waals surface area contributed by atoms with Crippen LogP contribution in [0.5, 0.6) is 5.75 Å². The zero-order valence-corrected chi connectivity index (χ0v) is 8.04. The molecule has 0 bridgehead atoms. The molecule has 4 heteroatoms. The first kappa shape index (κ1) is 10.4. The Bertz CT molecular complexity index is 396. The van der Waals surface area contributed by atoms with Crippen molar-refractivity contribution in [1.29, 1.82) is 0 Å². The van der Waals surface area contributed by atoms with Crippen LogP contribution in [0, 0.1) is 12.3 Å². The maximum absolute atomic E-state index is 10.8. The van der Waals surface area contributed by atoms with Gasteiger partial charge < -0.3 is 10.5 Å². The number of rotatable bonds is 3. The van der Waals surface area contributed by atoms with Crippen LogP contribution in [0.1, 0.15) is 10.4 Å². The smallest absolute Gasteiger partial charge is 0.248 e. The number of carbonyl (C=O) groups is 1. The van der Waals surface area contributed by atoms with Gasteiger partial charge in [-0.1, -0.05) is 17.5 Å². The van der Waals surface area contributed by atoms with E-state index >= 15 is 0 Å². The second-order valence-electron chi connectivity index (χ2n) is 2.50. The maximum atomic E-state index is 10.8. The van der Waals surface area contributed by atoms with Crippen LogP contribution in [0.15, 0.2) is 18.2 Å². The SMILES string of the molecule is C#CCOc1ccc(C(N)=O)cc1Cl. The van der Waals surface area contributed by atoms with E-state index in [2.05, 4.69) is 5.92 Å². The minimum Gasteiger partial charge on any atom is -0.479 e. The van der Waals surface area contributed by atoms with Crippen molar-refractivity contribution in [2.75, 3.05) is 6.61 Å². The molecule has 72 valence electrons. The lowest BCUT2D eigenvalue weighted by atomic mass is 10.2. The van der Waals surface area contributed by atoms with Gasteiger partial charge in [0.15, 0.2) is 0 Å². The van der Waals surface area contributed by atoms with E-state index in [0.29, 0.717) is 16.3 Å². The fourth-order valence-electron chi connectivity index (χ4n) is 0.891. The summed E-state index contributed by atoms with van der Waals surface area (Å²) >= 11 is 5.81. The highest BCUT2D eigenvalue weighted by atomic mass is 35.5. The summed E-state index contributed by atoms with van der Waals surface area (Å²) in [5.74, 6) is 2.22. The Kier molecular flexibility index (Phi) is 3.38. The lowest BCUT2D eigenvalue weighted by Crippen LogP contribution is -2.10. The highest BCUT2D eigenvalue weighted by molar-refractivity contribution is 6.32. The third-order valence-electron chi connectivity index (χ3n) is 1.53. The molecule has 0 unspecified atom stereocenters. The van der Waals surface area contributed by atoms with Crippen molar-refractivity contribution in [1.82, 2.24) is 0 Å². The van der Waals surface area contributed by atoms with Gasteiger partial charge in [-0.15, -0.1) is 6.42 Å². The fourth-order valence-corrected chi connectivity index (χ4v) is 1.13. The first-order valence-electron chi connectivity index (χ1n) is 3.80. The molecule has 0 aliphatic carbocycles. The summed E-state index contributed by atoms with van der Waals surface area (Å²) in [7, 11) is 0. The van der Waals surface area contributed by atoms with Crippen LogP contribution < -0.4 is 10.5 Å². The summed E-state index contributed by atoms with van der Waals surface area (Å²) in [5.41, 5.74) is 5.40. The zero-order valence-electron chi connectivity index (χ0n) is 7.29. The standard InChI is InChI=1S/C10H8ClNO2/c1-2-5-14-9-4-3-7(10(12)13)6-8(9)11/h1,3-4,6H,5H2,(H2,12,13). The van der Waals surface area contributed by atoms with E-state index in [1.165, 1.54) is 12.1 Å². The Hall–Kier alpha value is -1.66. The van der Waals surface area contributed by atoms with Crippen molar-refractivity contribution in [2.24, 2.45) is 5.73 Å². The van der Waals surface area contributed by atoms with Gasteiger partial charge >= 0.3 is 0 Å². The third kappa shape index (κ3) is 2.41. The molecule has 3 nitrogen and oxygen atoms in total. The molecule has 0 atom stereocenters. The van der Waals surface area contributed by atoms with Gasteiger partial charge in [-0.25, -0.2) is 0 Å². The van der Waals surface area contributed by atoms with E-state index in [0.717, 1.165) is 0 Å². The number of benzene rings is 1. The number of amides is 1. The van der Waals surface area contributed by atoms with Crippen LogP contribution in [-0.2, 0) is 0 Å². The lowest BCUT2D eigenvalue weighted by molar-refractivity contribution is 0.100. The quantitative estimate of drug-likeness (QED) is 0.767. The molecule has 0 aromatic heterocycles. The molecule has 14 heavy (non-hydrogen) atoms. The van der Waals surface area contributed by atoms with Gasteiger partial charge in [-0.3, -0.25) is 4.79 Å². The van der Waals surface area contributed by atoms with Gasteiger partial charge in [0.2, 0.25) is 5.91 Å². The molecular formula is C10H8ClNO2. The van der Waals surface area contributed by atoms with Crippen LogP contribution in [0.3, 0.4) is 0 Å². The molecule has 1 amide bonds. The second-order valence-corrected chi connectivity index (χ2v) is 2.91. The highest BCUT2D eigenvalue weighted by Crippen LogP contribution is 2.25. The Morgan fingerprint density at radius 2 is 2.36 bits per heavy atom. The molecule has 0 fully saturated rings. The van der Waals surface area contributed by atoms with Gasteiger partial charge in [0.05, 0.1) is 5.02 Å². The summed E-state index contributed by atoms with van der Waals surface area (Å²) in [6.07, 6.45) is 5.01. The molecule has 1 rings (SSSR count). The number of carbonyl (C=O) groups excluding carboxylic acids is 1. The second kappa shape index (κ2) is 4.54. The minimum absolute atomic E-state index is 0.135. The van der Waals surface area contributed by atoms with Crippen molar-refractivity contribution < 1.29 is 9.53 Å². The minimum atomic E-state index is -0.532. The number of hydrogen-bond acceptors (Lipinski definition) is 2. The Morgan fingerprint density at radius 3 is 2.86 bits per heavy atom. The number of hydrogen-bond donors (Lipinski definition) is 1. The summed E-state index contributed by atoms with van der Waals surface area (Å²) in [6.45, 7) is 0.135. The molecule has 0 radical (unpaired) electrons. The number of primary amides is 1. The van der Waals surface area contributed by atoms with E-state index in [1.54, 1.807) is 6.07 Å². The van der Waals surface area contributed by atoms with Gasteiger partial charge in [-0.05, 0) is 18.2 Å². The van der Waals surface area contributed by atoms with Crippen LogP contribution in [0.2, 0.25) is 5.02 Å². The summed E-state index contributed by atoms with van der Waals surface area (Å²) in [6, 6.07) is 4.52. The van der Waals surface area contributed by atoms with Gasteiger partial charge in [0.25, 0.3) is 0 Å². The molecule has 0 saturated heterocycles. The predicted octanol–water partition coefficient (Wildman–Crippen LogP) is 1.45.